The van der Waals surface area contributed by atoms with Crippen molar-refractivity contribution in [3.8, 4) is 11.1 Å². The van der Waals surface area contributed by atoms with Gasteiger partial charge in [-0.2, -0.15) is 0 Å². The Morgan fingerprint density at radius 3 is 2.23 bits per heavy atom. The zero-order valence-electron chi connectivity index (χ0n) is 17.6. The molecule has 2 aromatic rings. The van der Waals surface area contributed by atoms with Crippen LogP contribution in [-0.2, 0) is 14.3 Å². The van der Waals surface area contributed by atoms with Gasteiger partial charge in [-0.15, -0.1) is 0 Å². The van der Waals surface area contributed by atoms with Crippen molar-refractivity contribution in [3.63, 3.8) is 0 Å². The molecule has 0 saturated carbocycles. The van der Waals surface area contributed by atoms with Crippen molar-refractivity contribution in [2.45, 2.75) is 44.6 Å². The monoisotopic (exact) mass is 424 g/mol. The van der Waals surface area contributed by atoms with Gasteiger partial charge in [-0.05, 0) is 28.7 Å². The standard InChI is InChI=1S/C24H28N2O5/c1-2-3-12-21(23(28)29)26-22(27)13-14-25-24(30)31-15-20-18-10-6-4-8-16(18)17-9-5-7-11-19(17)20/h4-11,20-21H,2-3,12-15H2,1H3,(H,25,30)(H,26,27)(H,28,29)/t21-/m0/s1. The number of benzene rings is 2. The summed E-state index contributed by atoms with van der Waals surface area (Å²) in [6.45, 7) is 2.23. The van der Waals surface area contributed by atoms with E-state index < -0.39 is 24.0 Å². The van der Waals surface area contributed by atoms with Crippen molar-refractivity contribution in [2.75, 3.05) is 13.2 Å². The Morgan fingerprint density at radius 2 is 1.65 bits per heavy atom. The van der Waals surface area contributed by atoms with Crippen LogP contribution >= 0.6 is 0 Å². The SMILES string of the molecule is CCCC[C@H](NC(=O)CCNC(=O)OCC1c2ccccc2-c2ccccc21)C(=O)O. The summed E-state index contributed by atoms with van der Waals surface area (Å²) < 4.78 is 5.42. The number of amides is 2. The van der Waals surface area contributed by atoms with E-state index >= 15 is 0 Å². The third kappa shape index (κ3) is 5.63. The average Bonchev–Trinajstić information content (AvgIpc) is 3.09. The molecule has 3 rings (SSSR count). The molecule has 0 unspecified atom stereocenters. The van der Waals surface area contributed by atoms with Gasteiger partial charge in [-0.3, -0.25) is 4.79 Å². The summed E-state index contributed by atoms with van der Waals surface area (Å²) in [6, 6.07) is 15.3. The first-order valence-corrected chi connectivity index (χ1v) is 10.6. The molecule has 0 aliphatic heterocycles. The fourth-order valence-electron chi connectivity index (χ4n) is 3.86. The van der Waals surface area contributed by atoms with Crippen LogP contribution < -0.4 is 10.6 Å². The Bertz CT molecular complexity index is 898. The second-order valence-corrected chi connectivity index (χ2v) is 7.60. The molecule has 2 amide bonds. The molecule has 1 atom stereocenters. The number of nitrogens with one attached hydrogen (secondary N) is 2. The highest BCUT2D eigenvalue weighted by molar-refractivity contribution is 5.84. The second-order valence-electron chi connectivity index (χ2n) is 7.60. The zero-order chi connectivity index (χ0) is 22.2. The van der Waals surface area contributed by atoms with Crippen LogP contribution in [-0.4, -0.2) is 42.3 Å². The molecule has 0 heterocycles. The lowest BCUT2D eigenvalue weighted by atomic mass is 9.98. The number of carbonyl (C=O) groups is 3. The number of aliphatic carboxylic acids is 1. The molecule has 0 saturated heterocycles. The summed E-state index contributed by atoms with van der Waals surface area (Å²) >= 11 is 0. The molecule has 7 nitrogen and oxygen atoms in total. The minimum absolute atomic E-state index is 0.0138. The maximum absolute atomic E-state index is 12.1. The fourth-order valence-corrected chi connectivity index (χ4v) is 3.86. The van der Waals surface area contributed by atoms with Crippen LogP contribution in [0.15, 0.2) is 48.5 Å². The van der Waals surface area contributed by atoms with Crippen molar-refractivity contribution in [1.29, 1.82) is 0 Å². The van der Waals surface area contributed by atoms with Crippen LogP contribution in [0.3, 0.4) is 0 Å². The highest BCUT2D eigenvalue weighted by atomic mass is 16.5. The lowest BCUT2D eigenvalue weighted by molar-refractivity contribution is -0.142. The Kier molecular flexibility index (Phi) is 7.65. The van der Waals surface area contributed by atoms with Gasteiger partial charge in [0.15, 0.2) is 0 Å². The first-order chi connectivity index (χ1) is 15.0. The molecule has 0 radical (unpaired) electrons. The summed E-state index contributed by atoms with van der Waals surface area (Å²) in [7, 11) is 0. The van der Waals surface area contributed by atoms with Crippen molar-refractivity contribution >= 4 is 18.0 Å². The molecule has 0 aromatic heterocycles. The van der Waals surface area contributed by atoms with Gasteiger partial charge >= 0.3 is 12.1 Å². The number of carboxylic acid groups (broad SMARTS) is 1. The van der Waals surface area contributed by atoms with Gasteiger partial charge in [0.25, 0.3) is 0 Å². The Morgan fingerprint density at radius 1 is 1.03 bits per heavy atom. The smallest absolute Gasteiger partial charge is 0.407 e. The molecule has 0 bridgehead atoms. The number of carboxylic acids is 1. The molecule has 2 aromatic carbocycles. The number of hydrogen-bond donors (Lipinski definition) is 3. The lowest BCUT2D eigenvalue weighted by Crippen LogP contribution is -2.42. The molecule has 3 N–H and O–H groups in total. The number of unbranched alkanes of at least 4 members (excludes halogenated alkanes) is 1. The molecular formula is C24H28N2O5. The van der Waals surface area contributed by atoms with Crippen LogP contribution in [0.5, 0.6) is 0 Å². The van der Waals surface area contributed by atoms with Crippen LogP contribution in [0.25, 0.3) is 11.1 Å². The third-order valence-electron chi connectivity index (χ3n) is 5.44. The minimum Gasteiger partial charge on any atom is -0.480 e. The van der Waals surface area contributed by atoms with E-state index in [4.69, 9.17) is 4.74 Å². The quantitative estimate of drug-likeness (QED) is 0.540. The summed E-state index contributed by atoms with van der Waals surface area (Å²) in [5, 5.41) is 14.2. The highest BCUT2D eigenvalue weighted by Crippen LogP contribution is 2.44. The predicted molar refractivity (Wildman–Crippen MR) is 117 cm³/mol. The van der Waals surface area contributed by atoms with Gasteiger partial charge < -0.3 is 20.5 Å². The average molecular weight is 424 g/mol. The number of hydrogen-bond acceptors (Lipinski definition) is 4. The normalized spacial score (nSPS) is 13.1. The topological polar surface area (TPSA) is 105 Å². The molecule has 164 valence electrons. The van der Waals surface area contributed by atoms with E-state index in [1.807, 2.05) is 43.3 Å². The van der Waals surface area contributed by atoms with Crippen LogP contribution in [0.2, 0.25) is 0 Å². The third-order valence-corrected chi connectivity index (χ3v) is 5.44. The lowest BCUT2D eigenvalue weighted by Gasteiger charge is -2.15. The van der Waals surface area contributed by atoms with E-state index in [0.717, 1.165) is 35.1 Å². The zero-order valence-corrected chi connectivity index (χ0v) is 17.6. The highest BCUT2D eigenvalue weighted by Gasteiger charge is 2.29. The van der Waals surface area contributed by atoms with E-state index in [-0.39, 0.29) is 25.5 Å². The fraction of sp³-hybridized carbons (Fsp3) is 0.375. The van der Waals surface area contributed by atoms with Gasteiger partial charge in [0.05, 0.1) is 0 Å². The molecule has 7 heteroatoms. The van der Waals surface area contributed by atoms with Gasteiger partial charge in [0.1, 0.15) is 12.6 Å². The van der Waals surface area contributed by atoms with Crippen molar-refractivity contribution in [3.05, 3.63) is 59.7 Å². The molecule has 1 aliphatic rings. The van der Waals surface area contributed by atoms with Crippen LogP contribution in [0, 0.1) is 0 Å². The molecular weight excluding hydrogens is 396 g/mol. The number of carbonyl (C=O) groups excluding carboxylic acids is 2. The van der Waals surface area contributed by atoms with Crippen molar-refractivity contribution in [2.24, 2.45) is 0 Å². The number of rotatable bonds is 10. The van der Waals surface area contributed by atoms with E-state index in [9.17, 15) is 19.5 Å². The summed E-state index contributed by atoms with van der Waals surface area (Å²) in [5.41, 5.74) is 4.56. The van der Waals surface area contributed by atoms with Gasteiger partial charge in [-0.1, -0.05) is 68.3 Å². The Labute approximate surface area is 181 Å². The van der Waals surface area contributed by atoms with Crippen molar-refractivity contribution in [1.82, 2.24) is 10.6 Å². The molecule has 0 fully saturated rings. The summed E-state index contributed by atoms with van der Waals surface area (Å²) in [5.74, 6) is -1.50. The minimum atomic E-state index is -1.05. The molecule has 31 heavy (non-hydrogen) atoms. The van der Waals surface area contributed by atoms with Crippen LogP contribution in [0.4, 0.5) is 4.79 Å². The first kappa shape index (κ1) is 22.3. The first-order valence-electron chi connectivity index (χ1n) is 10.6. The maximum Gasteiger partial charge on any atom is 0.407 e. The molecule has 1 aliphatic carbocycles. The van der Waals surface area contributed by atoms with E-state index in [2.05, 4.69) is 22.8 Å². The van der Waals surface area contributed by atoms with E-state index in [0.29, 0.717) is 6.42 Å². The largest absolute Gasteiger partial charge is 0.480 e. The Balaban J connectivity index is 1.46. The summed E-state index contributed by atoms with van der Waals surface area (Å²) in [4.78, 5) is 35.3. The Hall–Kier alpha value is -3.35. The maximum atomic E-state index is 12.1. The summed E-state index contributed by atoms with van der Waals surface area (Å²) in [6.07, 6.45) is 1.34. The second kappa shape index (κ2) is 10.6. The molecule has 0 spiro atoms. The van der Waals surface area contributed by atoms with E-state index in [1.165, 1.54) is 0 Å². The predicted octanol–water partition coefficient (Wildman–Crippen LogP) is 3.67. The van der Waals surface area contributed by atoms with Crippen LogP contribution in [0.1, 0.15) is 49.7 Å². The van der Waals surface area contributed by atoms with Gasteiger partial charge in [0, 0.05) is 18.9 Å². The van der Waals surface area contributed by atoms with Gasteiger partial charge in [-0.25, -0.2) is 9.59 Å². The van der Waals surface area contributed by atoms with Gasteiger partial charge in [0.2, 0.25) is 5.91 Å². The number of fused-ring (bicyclic) bond motifs is 3. The van der Waals surface area contributed by atoms with E-state index in [1.54, 1.807) is 0 Å². The van der Waals surface area contributed by atoms with Crippen molar-refractivity contribution < 1.29 is 24.2 Å². The number of ether oxygens (including phenoxy) is 1. The number of alkyl carbamates (subject to hydrolysis) is 1.